The van der Waals surface area contributed by atoms with Gasteiger partial charge < -0.3 is 4.74 Å². The Morgan fingerprint density at radius 3 is 2.82 bits per heavy atom. The second kappa shape index (κ2) is 3.31. The van der Waals surface area contributed by atoms with Crippen molar-refractivity contribution in [2.75, 3.05) is 26.3 Å². The summed E-state index contributed by atoms with van der Waals surface area (Å²) in [7, 11) is 0. The van der Waals surface area contributed by atoms with Crippen molar-refractivity contribution in [1.82, 2.24) is 4.90 Å². The van der Waals surface area contributed by atoms with Gasteiger partial charge in [-0.2, -0.15) is 0 Å². The molecule has 1 unspecified atom stereocenters. The summed E-state index contributed by atoms with van der Waals surface area (Å²) in [6.45, 7) is 4.20. The molecule has 0 aromatic heterocycles. The number of ether oxygens (including phenoxy) is 1. The Balaban J connectivity index is 1.73. The molecule has 4 heteroatoms. The molecule has 64 valence electrons. The van der Waals surface area contributed by atoms with Crippen LogP contribution in [0.2, 0.25) is 0 Å². The highest BCUT2D eigenvalue weighted by atomic mass is 32.2. The molecule has 11 heavy (non-hydrogen) atoms. The summed E-state index contributed by atoms with van der Waals surface area (Å²) in [5.41, 5.74) is 0. The Morgan fingerprint density at radius 2 is 2.27 bits per heavy atom. The summed E-state index contributed by atoms with van der Waals surface area (Å²) in [5.74, 6) is 0. The van der Waals surface area contributed by atoms with Gasteiger partial charge in [-0.1, -0.05) is 11.9 Å². The van der Waals surface area contributed by atoms with Crippen LogP contribution in [0.15, 0.2) is 0 Å². The maximum atomic E-state index is 5.45. The van der Waals surface area contributed by atoms with Crippen molar-refractivity contribution in [2.45, 2.75) is 17.7 Å². The largest absolute Gasteiger partial charge is 0.380 e. The van der Waals surface area contributed by atoms with Crippen molar-refractivity contribution < 1.29 is 4.74 Å². The zero-order chi connectivity index (χ0) is 7.68. The second-order valence-corrected chi connectivity index (χ2v) is 4.17. The molecular formula is C7H14N2OS. The van der Waals surface area contributed by atoms with E-state index in [0.717, 1.165) is 26.3 Å². The van der Waals surface area contributed by atoms with E-state index >= 15 is 0 Å². The molecule has 0 radical (unpaired) electrons. The minimum atomic E-state index is 0.676. The van der Waals surface area contributed by atoms with Crippen LogP contribution in [-0.4, -0.2) is 42.5 Å². The summed E-state index contributed by atoms with van der Waals surface area (Å²) in [5, 5.41) is 6.13. The first-order chi connectivity index (χ1) is 5.40. The van der Waals surface area contributed by atoms with Crippen LogP contribution in [0.25, 0.3) is 0 Å². The lowest BCUT2D eigenvalue weighted by Crippen LogP contribution is -2.54. The van der Waals surface area contributed by atoms with Gasteiger partial charge in [0.25, 0.3) is 0 Å². The van der Waals surface area contributed by atoms with Crippen LogP contribution in [-0.2, 0) is 4.74 Å². The molecule has 2 rings (SSSR count). The van der Waals surface area contributed by atoms with E-state index in [0.29, 0.717) is 11.3 Å². The normalized spacial score (nSPS) is 34.1. The fourth-order valence-electron chi connectivity index (χ4n) is 1.66. The zero-order valence-corrected chi connectivity index (χ0v) is 7.35. The predicted octanol–water partition coefficient (Wildman–Crippen LogP) is 0.0664. The van der Waals surface area contributed by atoms with E-state index in [1.807, 2.05) is 0 Å². The van der Waals surface area contributed by atoms with Crippen LogP contribution < -0.4 is 5.14 Å². The van der Waals surface area contributed by atoms with Crippen molar-refractivity contribution in [3.8, 4) is 0 Å². The first-order valence-electron chi connectivity index (χ1n) is 4.07. The lowest BCUT2D eigenvalue weighted by Gasteiger charge is -2.41. The van der Waals surface area contributed by atoms with E-state index < -0.39 is 0 Å². The highest BCUT2D eigenvalue weighted by Crippen LogP contribution is 2.23. The molecule has 2 fully saturated rings. The van der Waals surface area contributed by atoms with E-state index in [-0.39, 0.29) is 0 Å². The molecule has 2 saturated heterocycles. The SMILES string of the molecule is NSC1CN(C2CCOC2)C1. The van der Waals surface area contributed by atoms with Crippen LogP contribution in [0.1, 0.15) is 6.42 Å². The Bertz CT molecular complexity index is 132. The van der Waals surface area contributed by atoms with Gasteiger partial charge in [-0.05, 0) is 6.42 Å². The fraction of sp³-hybridized carbons (Fsp3) is 1.00. The maximum absolute atomic E-state index is 5.45. The maximum Gasteiger partial charge on any atom is 0.0622 e. The Labute approximate surface area is 71.4 Å². The van der Waals surface area contributed by atoms with Gasteiger partial charge in [-0.3, -0.25) is 10.0 Å². The molecule has 0 amide bonds. The molecule has 1 atom stereocenters. The van der Waals surface area contributed by atoms with Gasteiger partial charge in [0.15, 0.2) is 0 Å². The number of likely N-dealkylation sites (tertiary alicyclic amines) is 1. The summed E-state index contributed by atoms with van der Waals surface area (Å²) >= 11 is 1.49. The van der Waals surface area contributed by atoms with E-state index in [9.17, 15) is 0 Å². The molecular weight excluding hydrogens is 160 g/mol. The number of rotatable bonds is 2. The van der Waals surface area contributed by atoms with Gasteiger partial charge >= 0.3 is 0 Å². The molecule has 2 aliphatic heterocycles. The van der Waals surface area contributed by atoms with Gasteiger partial charge in [-0.25, -0.2) is 0 Å². The highest BCUT2D eigenvalue weighted by Gasteiger charge is 2.33. The van der Waals surface area contributed by atoms with Crippen LogP contribution in [0.3, 0.4) is 0 Å². The monoisotopic (exact) mass is 174 g/mol. The molecule has 2 N–H and O–H groups in total. The molecule has 2 aliphatic rings. The molecule has 0 aromatic rings. The molecule has 0 spiro atoms. The van der Waals surface area contributed by atoms with Gasteiger partial charge in [-0.15, -0.1) is 0 Å². The Kier molecular flexibility index (Phi) is 2.36. The van der Waals surface area contributed by atoms with Crippen molar-refractivity contribution in [2.24, 2.45) is 5.14 Å². The van der Waals surface area contributed by atoms with Crippen molar-refractivity contribution >= 4 is 11.9 Å². The van der Waals surface area contributed by atoms with Crippen molar-refractivity contribution in [1.29, 1.82) is 0 Å². The van der Waals surface area contributed by atoms with Crippen LogP contribution in [0, 0.1) is 0 Å². The van der Waals surface area contributed by atoms with Gasteiger partial charge in [0.1, 0.15) is 0 Å². The molecule has 3 nitrogen and oxygen atoms in total. The zero-order valence-electron chi connectivity index (χ0n) is 6.53. The van der Waals surface area contributed by atoms with Gasteiger partial charge in [0.2, 0.25) is 0 Å². The van der Waals surface area contributed by atoms with E-state index in [2.05, 4.69) is 4.90 Å². The molecule has 2 heterocycles. The third-order valence-corrected chi connectivity index (χ3v) is 3.17. The molecule has 0 aliphatic carbocycles. The Hall–Kier alpha value is 0.230. The topological polar surface area (TPSA) is 38.5 Å². The molecule has 0 saturated carbocycles. The standard InChI is InChI=1S/C7H14N2OS/c8-11-7-3-9(4-7)6-1-2-10-5-6/h6-7H,1-5,8H2. The van der Waals surface area contributed by atoms with E-state index in [1.165, 1.54) is 18.4 Å². The fourth-order valence-corrected chi connectivity index (χ4v) is 2.22. The van der Waals surface area contributed by atoms with Crippen LogP contribution in [0.4, 0.5) is 0 Å². The Morgan fingerprint density at radius 1 is 1.45 bits per heavy atom. The van der Waals surface area contributed by atoms with Crippen molar-refractivity contribution in [3.63, 3.8) is 0 Å². The summed E-state index contributed by atoms with van der Waals surface area (Å²) in [4.78, 5) is 2.47. The van der Waals surface area contributed by atoms with Gasteiger partial charge in [0, 0.05) is 31.0 Å². The average molecular weight is 174 g/mol. The van der Waals surface area contributed by atoms with E-state index in [4.69, 9.17) is 9.88 Å². The lowest BCUT2D eigenvalue weighted by molar-refractivity contribution is 0.103. The molecule has 0 aromatic carbocycles. The van der Waals surface area contributed by atoms with Crippen LogP contribution in [0.5, 0.6) is 0 Å². The lowest BCUT2D eigenvalue weighted by atomic mass is 10.1. The second-order valence-electron chi connectivity index (χ2n) is 3.23. The first kappa shape index (κ1) is 7.86. The van der Waals surface area contributed by atoms with Crippen molar-refractivity contribution in [3.05, 3.63) is 0 Å². The predicted molar refractivity (Wildman–Crippen MR) is 46.4 cm³/mol. The summed E-state index contributed by atoms with van der Waals surface area (Å²) < 4.78 is 5.30. The first-order valence-corrected chi connectivity index (χ1v) is 5.02. The van der Waals surface area contributed by atoms with Crippen LogP contribution >= 0.6 is 11.9 Å². The number of nitrogens with zero attached hydrogens (tertiary/aromatic N) is 1. The highest BCUT2D eigenvalue weighted by molar-refractivity contribution is 7.97. The third kappa shape index (κ3) is 1.54. The molecule has 0 bridgehead atoms. The quantitative estimate of drug-likeness (QED) is 0.601. The minimum absolute atomic E-state index is 0.676. The average Bonchev–Trinajstić information content (AvgIpc) is 2.37. The summed E-state index contributed by atoms with van der Waals surface area (Å²) in [6.07, 6.45) is 1.21. The minimum Gasteiger partial charge on any atom is -0.380 e. The number of nitrogens with two attached hydrogens (primary N) is 1. The summed E-state index contributed by atoms with van der Waals surface area (Å²) in [6, 6.07) is 0.693. The van der Waals surface area contributed by atoms with Gasteiger partial charge in [0.05, 0.1) is 6.61 Å². The van der Waals surface area contributed by atoms with E-state index in [1.54, 1.807) is 0 Å². The third-order valence-electron chi connectivity index (χ3n) is 2.49. The smallest absolute Gasteiger partial charge is 0.0622 e. The number of hydrogen-bond acceptors (Lipinski definition) is 4. The number of hydrogen-bond donors (Lipinski definition) is 1.